The van der Waals surface area contributed by atoms with Gasteiger partial charge in [0.15, 0.2) is 0 Å². The van der Waals surface area contributed by atoms with Gasteiger partial charge in [-0.1, -0.05) is 0 Å². The summed E-state index contributed by atoms with van der Waals surface area (Å²) >= 11 is 0. The SMILES string of the molecule is CNC1CCN(c2cc(F)c(C)cc2F)C1=O. The first kappa shape index (κ1) is 12.0. The highest BCUT2D eigenvalue weighted by molar-refractivity contribution is 5.99. The zero-order valence-electron chi connectivity index (χ0n) is 9.76. The Hall–Kier alpha value is -1.49. The van der Waals surface area contributed by atoms with E-state index >= 15 is 0 Å². The van der Waals surface area contributed by atoms with Crippen LogP contribution in [0.25, 0.3) is 0 Å². The highest BCUT2D eigenvalue weighted by atomic mass is 19.1. The molecule has 1 fully saturated rings. The highest BCUT2D eigenvalue weighted by Gasteiger charge is 2.33. The van der Waals surface area contributed by atoms with Gasteiger partial charge in [-0.05, 0) is 32.0 Å². The lowest BCUT2D eigenvalue weighted by atomic mass is 10.2. The average molecular weight is 240 g/mol. The second kappa shape index (κ2) is 4.41. The van der Waals surface area contributed by atoms with E-state index in [1.54, 1.807) is 7.05 Å². The number of rotatable bonds is 2. The lowest BCUT2D eigenvalue weighted by molar-refractivity contribution is -0.118. The second-order valence-corrected chi connectivity index (χ2v) is 4.17. The van der Waals surface area contributed by atoms with E-state index in [1.807, 2.05) is 0 Å². The summed E-state index contributed by atoms with van der Waals surface area (Å²) in [6.45, 7) is 1.90. The molecule has 1 unspecified atom stereocenters. The highest BCUT2D eigenvalue weighted by Crippen LogP contribution is 2.26. The number of amides is 1. The van der Waals surface area contributed by atoms with Crippen LogP contribution in [0.5, 0.6) is 0 Å². The van der Waals surface area contributed by atoms with Crippen LogP contribution < -0.4 is 10.2 Å². The molecule has 0 aromatic heterocycles. The molecule has 0 spiro atoms. The molecule has 1 saturated heterocycles. The van der Waals surface area contributed by atoms with Gasteiger partial charge in [-0.25, -0.2) is 8.78 Å². The number of aryl methyl sites for hydroxylation is 1. The summed E-state index contributed by atoms with van der Waals surface area (Å²) < 4.78 is 27.1. The van der Waals surface area contributed by atoms with E-state index in [9.17, 15) is 13.6 Å². The van der Waals surface area contributed by atoms with Crippen molar-refractivity contribution in [1.82, 2.24) is 5.32 Å². The number of anilines is 1. The first-order valence-corrected chi connectivity index (χ1v) is 5.49. The van der Waals surface area contributed by atoms with Crippen molar-refractivity contribution in [3.63, 3.8) is 0 Å². The van der Waals surface area contributed by atoms with Crippen molar-refractivity contribution in [3.05, 3.63) is 29.3 Å². The van der Waals surface area contributed by atoms with Gasteiger partial charge in [0.25, 0.3) is 0 Å². The van der Waals surface area contributed by atoms with Crippen LogP contribution in [0.2, 0.25) is 0 Å². The maximum Gasteiger partial charge on any atom is 0.244 e. The number of likely N-dealkylation sites (N-methyl/N-ethyl adjacent to an activating group) is 1. The Morgan fingerprint density at radius 1 is 1.35 bits per heavy atom. The Labute approximate surface area is 98.4 Å². The minimum atomic E-state index is -0.561. The van der Waals surface area contributed by atoms with Crippen molar-refractivity contribution in [3.8, 4) is 0 Å². The first-order valence-electron chi connectivity index (χ1n) is 5.49. The molecule has 0 saturated carbocycles. The molecule has 1 aromatic rings. The van der Waals surface area contributed by atoms with E-state index in [0.29, 0.717) is 13.0 Å². The summed E-state index contributed by atoms with van der Waals surface area (Å²) in [5.41, 5.74) is 0.263. The molecule has 17 heavy (non-hydrogen) atoms. The molecular formula is C12H14F2N2O. The normalized spacial score (nSPS) is 20.1. The van der Waals surface area contributed by atoms with E-state index in [0.717, 1.165) is 12.1 Å². The molecule has 1 aliphatic rings. The third kappa shape index (κ3) is 2.02. The Balaban J connectivity index is 2.36. The first-order chi connectivity index (χ1) is 8.04. The van der Waals surface area contributed by atoms with Crippen molar-refractivity contribution in [2.45, 2.75) is 19.4 Å². The number of nitrogens with one attached hydrogen (secondary N) is 1. The van der Waals surface area contributed by atoms with Gasteiger partial charge < -0.3 is 10.2 Å². The third-order valence-electron chi connectivity index (χ3n) is 3.07. The maximum absolute atomic E-state index is 13.7. The van der Waals surface area contributed by atoms with E-state index < -0.39 is 11.6 Å². The van der Waals surface area contributed by atoms with Gasteiger partial charge in [0, 0.05) is 12.6 Å². The lowest BCUT2D eigenvalue weighted by Crippen LogP contribution is -2.36. The molecule has 1 N–H and O–H groups in total. The smallest absolute Gasteiger partial charge is 0.244 e. The molecule has 0 bridgehead atoms. The van der Waals surface area contributed by atoms with Crippen LogP contribution in [0.4, 0.5) is 14.5 Å². The molecule has 1 aromatic carbocycles. The second-order valence-electron chi connectivity index (χ2n) is 4.17. The molecule has 92 valence electrons. The minimum absolute atomic E-state index is 0.0239. The molecule has 0 radical (unpaired) electrons. The average Bonchev–Trinajstić information content (AvgIpc) is 2.65. The van der Waals surface area contributed by atoms with Crippen LogP contribution in [-0.4, -0.2) is 25.5 Å². The van der Waals surface area contributed by atoms with Crippen molar-refractivity contribution in [1.29, 1.82) is 0 Å². The fourth-order valence-electron chi connectivity index (χ4n) is 2.03. The molecule has 1 atom stereocenters. The number of nitrogens with zero attached hydrogens (tertiary/aromatic N) is 1. The van der Waals surface area contributed by atoms with Gasteiger partial charge >= 0.3 is 0 Å². The van der Waals surface area contributed by atoms with Crippen molar-refractivity contribution in [2.24, 2.45) is 0 Å². The Bertz CT molecular complexity index is 462. The van der Waals surface area contributed by atoms with Gasteiger partial charge in [0.1, 0.15) is 11.6 Å². The fraction of sp³-hybridized carbons (Fsp3) is 0.417. The van der Waals surface area contributed by atoms with Gasteiger partial charge in [-0.15, -0.1) is 0 Å². The molecule has 2 rings (SSSR count). The van der Waals surface area contributed by atoms with Gasteiger partial charge in [-0.2, -0.15) is 0 Å². The zero-order valence-corrected chi connectivity index (χ0v) is 9.76. The summed E-state index contributed by atoms with van der Waals surface area (Å²) in [5.74, 6) is -1.27. The van der Waals surface area contributed by atoms with E-state index in [4.69, 9.17) is 0 Å². The van der Waals surface area contributed by atoms with Crippen LogP contribution in [0, 0.1) is 18.6 Å². The molecule has 1 heterocycles. The van der Waals surface area contributed by atoms with Crippen LogP contribution in [-0.2, 0) is 4.79 Å². The Kier molecular flexibility index (Phi) is 3.11. The van der Waals surface area contributed by atoms with Crippen LogP contribution in [0.15, 0.2) is 12.1 Å². The Morgan fingerprint density at radius 2 is 2.06 bits per heavy atom. The number of hydrogen-bond acceptors (Lipinski definition) is 2. The summed E-state index contributed by atoms with van der Waals surface area (Å²) in [4.78, 5) is 13.2. The van der Waals surface area contributed by atoms with Crippen molar-refractivity contribution >= 4 is 11.6 Å². The van der Waals surface area contributed by atoms with E-state index in [2.05, 4.69) is 5.32 Å². The predicted molar refractivity (Wildman–Crippen MR) is 60.9 cm³/mol. The van der Waals surface area contributed by atoms with Gasteiger partial charge in [-0.3, -0.25) is 4.79 Å². The summed E-state index contributed by atoms with van der Waals surface area (Å²) in [6.07, 6.45) is 0.601. The molecule has 0 aliphatic carbocycles. The number of halogens is 2. The molecular weight excluding hydrogens is 226 g/mol. The quantitative estimate of drug-likeness (QED) is 0.851. The van der Waals surface area contributed by atoms with Crippen molar-refractivity contribution in [2.75, 3.05) is 18.5 Å². The minimum Gasteiger partial charge on any atom is -0.309 e. The molecule has 1 amide bonds. The summed E-state index contributed by atoms with van der Waals surface area (Å²) in [7, 11) is 1.68. The number of benzene rings is 1. The summed E-state index contributed by atoms with van der Waals surface area (Å²) in [5, 5.41) is 2.85. The van der Waals surface area contributed by atoms with Crippen LogP contribution >= 0.6 is 0 Å². The Morgan fingerprint density at radius 3 is 2.65 bits per heavy atom. The molecule has 5 heteroatoms. The summed E-state index contributed by atoms with van der Waals surface area (Å²) in [6, 6.07) is 1.89. The van der Waals surface area contributed by atoms with Gasteiger partial charge in [0.05, 0.1) is 11.7 Å². The van der Waals surface area contributed by atoms with Crippen LogP contribution in [0.3, 0.4) is 0 Å². The zero-order chi connectivity index (χ0) is 12.6. The van der Waals surface area contributed by atoms with Crippen molar-refractivity contribution < 1.29 is 13.6 Å². The maximum atomic E-state index is 13.7. The van der Waals surface area contributed by atoms with Crippen LogP contribution in [0.1, 0.15) is 12.0 Å². The number of carbonyl (C=O) groups is 1. The topological polar surface area (TPSA) is 32.3 Å². The third-order valence-corrected chi connectivity index (χ3v) is 3.07. The van der Waals surface area contributed by atoms with Gasteiger partial charge in [0.2, 0.25) is 5.91 Å². The molecule has 1 aliphatic heterocycles. The monoisotopic (exact) mass is 240 g/mol. The molecule has 3 nitrogen and oxygen atoms in total. The lowest BCUT2D eigenvalue weighted by Gasteiger charge is -2.18. The fourth-order valence-corrected chi connectivity index (χ4v) is 2.03. The van der Waals surface area contributed by atoms with E-state index in [1.165, 1.54) is 11.8 Å². The number of hydrogen-bond donors (Lipinski definition) is 1. The largest absolute Gasteiger partial charge is 0.309 e. The predicted octanol–water partition coefficient (Wildman–Crippen LogP) is 1.60. The standard InChI is InChI=1S/C12H14F2N2O/c1-7-5-9(14)11(6-8(7)13)16-4-3-10(15-2)12(16)17/h5-6,10,15H,3-4H2,1-2H3. The number of carbonyl (C=O) groups excluding carboxylic acids is 1. The van der Waals surface area contributed by atoms with E-state index in [-0.39, 0.29) is 23.2 Å².